The summed E-state index contributed by atoms with van der Waals surface area (Å²) in [6.07, 6.45) is -4.39. The maximum absolute atomic E-state index is 12.5. The highest BCUT2D eigenvalue weighted by Crippen LogP contribution is 2.31. The van der Waals surface area contributed by atoms with E-state index >= 15 is 0 Å². The van der Waals surface area contributed by atoms with Gasteiger partial charge in [0.25, 0.3) is 0 Å². The zero-order valence-electron chi connectivity index (χ0n) is 10.8. The molecule has 1 saturated heterocycles. The van der Waals surface area contributed by atoms with Gasteiger partial charge in [-0.15, -0.1) is 0 Å². The minimum Gasteiger partial charge on any atom is -0.369 e. The first-order valence-corrected chi connectivity index (χ1v) is 6.23. The van der Waals surface area contributed by atoms with Gasteiger partial charge in [0.15, 0.2) is 0 Å². The van der Waals surface area contributed by atoms with E-state index in [1.807, 2.05) is 0 Å². The third-order valence-corrected chi connectivity index (χ3v) is 3.47. The number of hydrogen-bond donors (Lipinski definition) is 1. The van der Waals surface area contributed by atoms with Crippen LogP contribution >= 0.6 is 0 Å². The predicted octanol–water partition coefficient (Wildman–Crippen LogP) is 2.00. The number of nitrogens with zero attached hydrogens (tertiary/aromatic N) is 2. The molecule has 0 radical (unpaired) electrons. The van der Waals surface area contributed by atoms with Gasteiger partial charge in [-0.3, -0.25) is 0 Å². The standard InChI is InChI=1S/C13H18F3N3/c1-18-6-8-19(9-7-18)11-4-2-10(3-5-11)12(17)13(14,15)16/h2-5,12H,6-9,17H2,1H3/t12-/m1/s1. The van der Waals surface area contributed by atoms with Gasteiger partial charge in [-0.1, -0.05) is 12.1 Å². The lowest BCUT2D eigenvalue weighted by molar-refractivity contribution is -0.149. The van der Waals surface area contributed by atoms with E-state index in [2.05, 4.69) is 16.8 Å². The molecule has 3 nitrogen and oxygen atoms in total. The first-order valence-electron chi connectivity index (χ1n) is 6.23. The molecule has 106 valence electrons. The third kappa shape index (κ3) is 3.39. The minimum absolute atomic E-state index is 0.102. The number of alkyl halides is 3. The molecule has 2 rings (SSSR count). The molecule has 0 amide bonds. The fourth-order valence-electron chi connectivity index (χ4n) is 2.15. The fourth-order valence-corrected chi connectivity index (χ4v) is 2.15. The first-order chi connectivity index (χ1) is 8.88. The van der Waals surface area contributed by atoms with Crippen LogP contribution in [0.2, 0.25) is 0 Å². The summed E-state index contributed by atoms with van der Waals surface area (Å²) in [6.45, 7) is 3.70. The lowest BCUT2D eigenvalue weighted by Crippen LogP contribution is -2.44. The minimum atomic E-state index is -4.39. The van der Waals surface area contributed by atoms with E-state index in [1.165, 1.54) is 12.1 Å². The highest BCUT2D eigenvalue weighted by atomic mass is 19.4. The molecule has 1 aromatic rings. The van der Waals surface area contributed by atoms with E-state index in [1.54, 1.807) is 12.1 Å². The van der Waals surface area contributed by atoms with Gasteiger partial charge in [-0.2, -0.15) is 13.2 Å². The van der Waals surface area contributed by atoms with Gasteiger partial charge in [0.2, 0.25) is 0 Å². The number of hydrogen-bond acceptors (Lipinski definition) is 3. The Kier molecular flexibility index (Phi) is 4.01. The van der Waals surface area contributed by atoms with Crippen molar-refractivity contribution >= 4 is 5.69 Å². The van der Waals surface area contributed by atoms with Gasteiger partial charge in [-0.05, 0) is 24.7 Å². The van der Waals surface area contributed by atoms with Crippen molar-refractivity contribution in [2.45, 2.75) is 12.2 Å². The number of likely N-dealkylation sites (N-methyl/N-ethyl adjacent to an activating group) is 1. The smallest absolute Gasteiger partial charge is 0.369 e. The molecule has 2 N–H and O–H groups in total. The summed E-state index contributed by atoms with van der Waals surface area (Å²) in [5.74, 6) is 0. The summed E-state index contributed by atoms with van der Waals surface area (Å²) in [5, 5.41) is 0. The summed E-state index contributed by atoms with van der Waals surface area (Å²) in [4.78, 5) is 4.40. The van der Waals surface area contributed by atoms with Crippen LogP contribution in [0.25, 0.3) is 0 Å². The molecular formula is C13H18F3N3. The Morgan fingerprint density at radius 2 is 1.58 bits per heavy atom. The SMILES string of the molecule is CN1CCN(c2ccc([C@@H](N)C(F)(F)F)cc2)CC1. The summed E-state index contributed by atoms with van der Waals surface area (Å²) < 4.78 is 37.5. The van der Waals surface area contributed by atoms with Crippen LogP contribution in [0.1, 0.15) is 11.6 Å². The number of anilines is 1. The Hall–Kier alpha value is -1.27. The third-order valence-electron chi connectivity index (χ3n) is 3.47. The molecule has 6 heteroatoms. The van der Waals surface area contributed by atoms with Crippen molar-refractivity contribution in [2.24, 2.45) is 5.73 Å². The maximum atomic E-state index is 12.5. The van der Waals surface area contributed by atoms with E-state index < -0.39 is 12.2 Å². The lowest BCUT2D eigenvalue weighted by atomic mass is 10.1. The Balaban J connectivity index is 2.06. The Morgan fingerprint density at radius 3 is 2.05 bits per heavy atom. The normalized spacial score (nSPS) is 19.5. The van der Waals surface area contributed by atoms with E-state index in [9.17, 15) is 13.2 Å². The Labute approximate surface area is 110 Å². The van der Waals surface area contributed by atoms with Gasteiger partial charge in [-0.25, -0.2) is 0 Å². The van der Waals surface area contributed by atoms with Gasteiger partial charge in [0.05, 0.1) is 0 Å². The van der Waals surface area contributed by atoms with Gasteiger partial charge < -0.3 is 15.5 Å². The molecule has 0 aromatic heterocycles. The summed E-state index contributed by atoms with van der Waals surface area (Å²) in [5.41, 5.74) is 6.23. The van der Waals surface area contributed by atoms with Crippen molar-refractivity contribution < 1.29 is 13.2 Å². The summed E-state index contributed by atoms with van der Waals surface area (Å²) in [6, 6.07) is 4.45. The molecule has 1 aliphatic heterocycles. The largest absolute Gasteiger partial charge is 0.407 e. The maximum Gasteiger partial charge on any atom is 0.407 e. The van der Waals surface area contributed by atoms with Crippen molar-refractivity contribution in [3.63, 3.8) is 0 Å². The zero-order valence-corrected chi connectivity index (χ0v) is 10.8. The molecule has 1 heterocycles. The van der Waals surface area contributed by atoms with Gasteiger partial charge >= 0.3 is 6.18 Å². The molecule has 0 unspecified atom stereocenters. The second-order valence-electron chi connectivity index (χ2n) is 4.90. The molecule has 0 aliphatic carbocycles. The van der Waals surface area contributed by atoms with Crippen LogP contribution in [0.15, 0.2) is 24.3 Å². The van der Waals surface area contributed by atoms with Crippen LogP contribution in [0.3, 0.4) is 0 Å². The lowest BCUT2D eigenvalue weighted by Gasteiger charge is -2.34. The second-order valence-corrected chi connectivity index (χ2v) is 4.90. The molecule has 1 aromatic carbocycles. The quantitative estimate of drug-likeness (QED) is 0.894. The van der Waals surface area contributed by atoms with Crippen molar-refractivity contribution in [3.05, 3.63) is 29.8 Å². The van der Waals surface area contributed by atoms with E-state index in [-0.39, 0.29) is 5.56 Å². The molecule has 1 fully saturated rings. The van der Waals surface area contributed by atoms with Crippen molar-refractivity contribution in [1.29, 1.82) is 0 Å². The second kappa shape index (κ2) is 5.38. The molecular weight excluding hydrogens is 255 g/mol. The van der Waals surface area contributed by atoms with Crippen molar-refractivity contribution in [2.75, 3.05) is 38.1 Å². The topological polar surface area (TPSA) is 32.5 Å². The van der Waals surface area contributed by atoms with Gasteiger partial charge in [0, 0.05) is 31.9 Å². The van der Waals surface area contributed by atoms with E-state index in [4.69, 9.17) is 5.73 Å². The molecule has 1 atom stereocenters. The average molecular weight is 273 g/mol. The number of halogens is 3. The Bertz CT molecular complexity index is 408. The van der Waals surface area contributed by atoms with Crippen LogP contribution in [-0.4, -0.2) is 44.3 Å². The zero-order chi connectivity index (χ0) is 14.0. The van der Waals surface area contributed by atoms with Crippen LogP contribution < -0.4 is 10.6 Å². The van der Waals surface area contributed by atoms with E-state index in [0.717, 1.165) is 31.9 Å². The summed E-state index contributed by atoms with van der Waals surface area (Å²) >= 11 is 0. The highest BCUT2D eigenvalue weighted by Gasteiger charge is 2.37. The van der Waals surface area contributed by atoms with Gasteiger partial charge in [0.1, 0.15) is 6.04 Å². The summed E-state index contributed by atoms with van der Waals surface area (Å²) in [7, 11) is 2.06. The average Bonchev–Trinajstić information content (AvgIpc) is 2.38. The number of benzene rings is 1. The van der Waals surface area contributed by atoms with E-state index in [0.29, 0.717) is 0 Å². The van der Waals surface area contributed by atoms with Crippen LogP contribution in [0.5, 0.6) is 0 Å². The predicted molar refractivity (Wildman–Crippen MR) is 69.1 cm³/mol. The fraction of sp³-hybridized carbons (Fsp3) is 0.538. The molecule has 1 aliphatic rings. The monoisotopic (exact) mass is 273 g/mol. The number of rotatable bonds is 2. The highest BCUT2D eigenvalue weighted by molar-refractivity contribution is 5.48. The van der Waals surface area contributed by atoms with Crippen LogP contribution in [-0.2, 0) is 0 Å². The number of piperazine rings is 1. The first kappa shape index (κ1) is 14.1. The molecule has 19 heavy (non-hydrogen) atoms. The van der Waals surface area contributed by atoms with Crippen molar-refractivity contribution in [1.82, 2.24) is 4.90 Å². The van der Waals surface area contributed by atoms with Crippen LogP contribution in [0, 0.1) is 0 Å². The Morgan fingerprint density at radius 1 is 1.05 bits per heavy atom. The molecule has 0 spiro atoms. The molecule has 0 saturated carbocycles. The van der Waals surface area contributed by atoms with Crippen molar-refractivity contribution in [3.8, 4) is 0 Å². The van der Waals surface area contributed by atoms with Crippen LogP contribution in [0.4, 0.5) is 18.9 Å². The molecule has 0 bridgehead atoms. The number of nitrogens with two attached hydrogens (primary N) is 1.